The van der Waals surface area contributed by atoms with E-state index < -0.39 is 0 Å². The van der Waals surface area contributed by atoms with Gasteiger partial charge in [0.2, 0.25) is 5.91 Å². The molecular formula is C20H23N5O2S2. The summed E-state index contributed by atoms with van der Waals surface area (Å²) in [4.78, 5) is 35.7. The number of amides is 2. The number of hydrazine groups is 1. The van der Waals surface area contributed by atoms with Gasteiger partial charge in [0.05, 0.1) is 29.2 Å². The van der Waals surface area contributed by atoms with Gasteiger partial charge in [-0.25, -0.2) is 9.97 Å². The van der Waals surface area contributed by atoms with Gasteiger partial charge in [-0.15, -0.1) is 22.7 Å². The molecule has 4 rings (SSSR count). The molecule has 1 aromatic carbocycles. The number of hydrogen-bond acceptors (Lipinski definition) is 7. The number of rotatable bonds is 5. The molecule has 2 aromatic heterocycles. The topological polar surface area (TPSA) is 87.2 Å². The molecule has 1 aliphatic rings. The number of carbonyl (C=O) groups excluding carboxylic acids is 2. The Balaban J connectivity index is 1.33. The molecule has 0 radical (unpaired) electrons. The van der Waals surface area contributed by atoms with Crippen LogP contribution in [0.4, 0.5) is 0 Å². The lowest BCUT2D eigenvalue weighted by molar-refractivity contribution is -0.129. The number of thiazole rings is 2. The Bertz CT molecular complexity index is 982. The molecule has 0 spiro atoms. The number of aryl methyl sites for hydroxylation is 1. The van der Waals surface area contributed by atoms with Crippen molar-refractivity contribution < 1.29 is 9.59 Å². The molecule has 29 heavy (non-hydrogen) atoms. The van der Waals surface area contributed by atoms with Gasteiger partial charge in [0, 0.05) is 11.1 Å². The summed E-state index contributed by atoms with van der Waals surface area (Å²) in [5.74, 6) is -0.490. The summed E-state index contributed by atoms with van der Waals surface area (Å²) >= 11 is 3.14. The summed E-state index contributed by atoms with van der Waals surface area (Å²) in [6.07, 6.45) is 3.34. The van der Waals surface area contributed by atoms with Crippen molar-refractivity contribution in [2.45, 2.75) is 38.6 Å². The molecule has 2 amide bonds. The van der Waals surface area contributed by atoms with Gasteiger partial charge in [-0.05, 0) is 38.4 Å². The molecule has 3 aromatic rings. The highest BCUT2D eigenvalue weighted by molar-refractivity contribution is 7.18. The van der Waals surface area contributed by atoms with Gasteiger partial charge < -0.3 is 0 Å². The molecule has 0 aliphatic carbocycles. The highest BCUT2D eigenvalue weighted by Gasteiger charge is 2.28. The summed E-state index contributed by atoms with van der Waals surface area (Å²) in [6, 6.07) is 8.26. The average molecular weight is 430 g/mol. The van der Waals surface area contributed by atoms with Crippen molar-refractivity contribution in [3.63, 3.8) is 0 Å². The minimum absolute atomic E-state index is 0.140. The van der Waals surface area contributed by atoms with Crippen LogP contribution in [0, 0.1) is 6.92 Å². The van der Waals surface area contributed by atoms with Crippen LogP contribution >= 0.6 is 22.7 Å². The number of carbonyl (C=O) groups is 2. The number of nitrogens with zero attached hydrogens (tertiary/aromatic N) is 3. The smallest absolute Gasteiger partial charge is 0.252 e. The van der Waals surface area contributed by atoms with E-state index >= 15 is 0 Å². The Kier molecular flexibility index (Phi) is 6.17. The van der Waals surface area contributed by atoms with Crippen LogP contribution in [-0.4, -0.2) is 39.8 Å². The van der Waals surface area contributed by atoms with Gasteiger partial charge in [-0.2, -0.15) is 0 Å². The van der Waals surface area contributed by atoms with Gasteiger partial charge >= 0.3 is 0 Å². The summed E-state index contributed by atoms with van der Waals surface area (Å²) in [6.45, 7) is 2.97. The number of fused-ring (bicyclic) bond motifs is 1. The van der Waals surface area contributed by atoms with Crippen LogP contribution in [0.3, 0.4) is 0 Å². The average Bonchev–Trinajstić information content (AvgIpc) is 3.32. The van der Waals surface area contributed by atoms with Gasteiger partial charge in [0.15, 0.2) is 0 Å². The van der Waals surface area contributed by atoms with Crippen molar-refractivity contribution in [1.82, 2.24) is 25.7 Å². The molecule has 1 atom stereocenters. The van der Waals surface area contributed by atoms with E-state index in [0.717, 1.165) is 47.0 Å². The predicted octanol–water partition coefficient (Wildman–Crippen LogP) is 2.98. The fourth-order valence-electron chi connectivity index (χ4n) is 3.52. The molecule has 0 saturated carbocycles. The largest absolute Gasteiger partial charge is 0.285 e. The first kappa shape index (κ1) is 19.9. The summed E-state index contributed by atoms with van der Waals surface area (Å²) in [5, 5.41) is 3.70. The normalized spacial score (nSPS) is 17.3. The molecule has 0 bridgehead atoms. The van der Waals surface area contributed by atoms with E-state index in [1.165, 1.54) is 16.0 Å². The summed E-state index contributed by atoms with van der Waals surface area (Å²) in [5.41, 5.74) is 6.93. The van der Waals surface area contributed by atoms with Crippen molar-refractivity contribution >= 4 is 44.7 Å². The van der Waals surface area contributed by atoms with E-state index in [1.54, 1.807) is 11.3 Å². The summed E-state index contributed by atoms with van der Waals surface area (Å²) in [7, 11) is 0. The fraction of sp³-hybridized carbons (Fsp3) is 0.400. The first-order valence-corrected chi connectivity index (χ1v) is 11.4. The van der Waals surface area contributed by atoms with E-state index in [2.05, 4.69) is 26.8 Å². The van der Waals surface area contributed by atoms with Crippen LogP contribution < -0.4 is 10.9 Å². The Morgan fingerprint density at radius 2 is 2.00 bits per heavy atom. The zero-order chi connectivity index (χ0) is 20.2. The second-order valence-corrected chi connectivity index (χ2v) is 9.16. The van der Waals surface area contributed by atoms with Crippen molar-refractivity contribution in [2.75, 3.05) is 13.1 Å². The highest BCUT2D eigenvalue weighted by Crippen LogP contribution is 2.35. The SMILES string of the molecule is Cc1csc(CC(=O)NNC(=O)CN2CCCCC2c2nc3ccccc3s2)n1. The van der Waals surface area contributed by atoms with Crippen LogP contribution in [-0.2, 0) is 16.0 Å². The monoisotopic (exact) mass is 429 g/mol. The third-order valence-corrected chi connectivity index (χ3v) is 6.98. The lowest BCUT2D eigenvalue weighted by atomic mass is 10.0. The first-order valence-electron chi connectivity index (χ1n) is 9.67. The van der Waals surface area contributed by atoms with Crippen molar-refractivity contribution in [2.24, 2.45) is 0 Å². The molecule has 3 heterocycles. The fourth-order valence-corrected chi connectivity index (χ4v) is 5.43. The maximum atomic E-state index is 12.4. The molecule has 1 fully saturated rings. The molecule has 2 N–H and O–H groups in total. The van der Waals surface area contributed by atoms with E-state index in [1.807, 2.05) is 30.5 Å². The quantitative estimate of drug-likeness (QED) is 0.609. The van der Waals surface area contributed by atoms with Crippen molar-refractivity contribution in [3.8, 4) is 0 Å². The summed E-state index contributed by atoms with van der Waals surface area (Å²) < 4.78 is 1.17. The van der Waals surface area contributed by atoms with Crippen LogP contribution in [0.1, 0.15) is 41.0 Å². The van der Waals surface area contributed by atoms with Gasteiger partial charge in [-0.3, -0.25) is 25.3 Å². The second kappa shape index (κ2) is 8.98. The first-order chi connectivity index (χ1) is 14.1. The third-order valence-electron chi connectivity index (χ3n) is 4.88. The Morgan fingerprint density at radius 1 is 1.17 bits per heavy atom. The number of hydrogen-bond donors (Lipinski definition) is 2. The highest BCUT2D eigenvalue weighted by atomic mass is 32.1. The number of likely N-dealkylation sites (tertiary alicyclic amines) is 1. The van der Waals surface area contributed by atoms with E-state index in [4.69, 9.17) is 4.98 Å². The number of benzene rings is 1. The van der Waals surface area contributed by atoms with E-state index in [9.17, 15) is 9.59 Å². The van der Waals surface area contributed by atoms with Crippen LogP contribution in [0.5, 0.6) is 0 Å². The number of aromatic nitrogens is 2. The molecular weight excluding hydrogens is 406 g/mol. The van der Waals surface area contributed by atoms with Crippen LogP contribution in [0.2, 0.25) is 0 Å². The van der Waals surface area contributed by atoms with Crippen LogP contribution in [0.25, 0.3) is 10.2 Å². The maximum absolute atomic E-state index is 12.4. The zero-order valence-corrected chi connectivity index (χ0v) is 17.8. The van der Waals surface area contributed by atoms with E-state index in [-0.39, 0.29) is 30.8 Å². The Morgan fingerprint density at radius 3 is 2.79 bits per heavy atom. The minimum Gasteiger partial charge on any atom is -0.285 e. The van der Waals surface area contributed by atoms with Gasteiger partial charge in [0.1, 0.15) is 10.0 Å². The van der Waals surface area contributed by atoms with Crippen molar-refractivity contribution in [1.29, 1.82) is 0 Å². The lowest BCUT2D eigenvalue weighted by Crippen LogP contribution is -2.48. The number of piperidine rings is 1. The molecule has 7 nitrogen and oxygen atoms in total. The number of para-hydroxylation sites is 1. The van der Waals surface area contributed by atoms with Gasteiger partial charge in [0.25, 0.3) is 5.91 Å². The molecule has 1 saturated heterocycles. The van der Waals surface area contributed by atoms with E-state index in [0.29, 0.717) is 0 Å². The zero-order valence-electron chi connectivity index (χ0n) is 16.2. The molecule has 9 heteroatoms. The predicted molar refractivity (Wildman–Crippen MR) is 115 cm³/mol. The Labute approximate surface area is 177 Å². The maximum Gasteiger partial charge on any atom is 0.252 e. The van der Waals surface area contributed by atoms with Gasteiger partial charge in [-0.1, -0.05) is 18.6 Å². The molecule has 1 unspecified atom stereocenters. The third kappa shape index (κ3) is 4.98. The van der Waals surface area contributed by atoms with Crippen LogP contribution in [0.15, 0.2) is 29.6 Å². The standard InChI is InChI=1S/C20H23N5O2S2/c1-13-12-28-19(21-13)10-17(26)23-24-18(27)11-25-9-5-4-7-15(25)20-22-14-6-2-3-8-16(14)29-20/h2-3,6,8,12,15H,4-5,7,9-11H2,1H3,(H,23,26)(H,24,27). The number of nitrogens with one attached hydrogen (secondary N) is 2. The Hall–Kier alpha value is -2.36. The minimum atomic E-state index is -0.269. The second-order valence-electron chi connectivity index (χ2n) is 7.16. The molecule has 152 valence electrons. The molecule has 1 aliphatic heterocycles. The lowest BCUT2D eigenvalue weighted by Gasteiger charge is -2.33. The van der Waals surface area contributed by atoms with Crippen molar-refractivity contribution in [3.05, 3.63) is 45.4 Å².